The molecule has 0 radical (unpaired) electrons. The average Bonchev–Trinajstić information content (AvgIpc) is 2.18. The SMILES string of the molecule is CCOc1c(C)cc(C(C)(C)C)cc1C(=O)O. The van der Waals surface area contributed by atoms with Crippen molar-refractivity contribution >= 4 is 5.97 Å². The minimum atomic E-state index is -0.942. The van der Waals surface area contributed by atoms with E-state index in [1.54, 1.807) is 6.07 Å². The van der Waals surface area contributed by atoms with Gasteiger partial charge in [-0.05, 0) is 36.5 Å². The van der Waals surface area contributed by atoms with Crippen molar-refractivity contribution in [1.82, 2.24) is 0 Å². The van der Waals surface area contributed by atoms with Gasteiger partial charge in [0.05, 0.1) is 6.61 Å². The van der Waals surface area contributed by atoms with Crippen molar-refractivity contribution in [3.63, 3.8) is 0 Å². The highest BCUT2D eigenvalue weighted by Crippen LogP contribution is 2.31. The van der Waals surface area contributed by atoms with Gasteiger partial charge in [0.15, 0.2) is 0 Å². The zero-order chi connectivity index (χ0) is 13.2. The molecule has 0 spiro atoms. The first kappa shape index (κ1) is 13.6. The molecule has 1 aromatic carbocycles. The smallest absolute Gasteiger partial charge is 0.339 e. The molecule has 3 nitrogen and oxygen atoms in total. The summed E-state index contributed by atoms with van der Waals surface area (Å²) in [7, 11) is 0. The number of aryl methyl sites for hydroxylation is 1. The maximum atomic E-state index is 11.2. The highest BCUT2D eigenvalue weighted by molar-refractivity contribution is 5.91. The van der Waals surface area contributed by atoms with Crippen LogP contribution in [0.3, 0.4) is 0 Å². The molecule has 0 heterocycles. The molecule has 94 valence electrons. The van der Waals surface area contributed by atoms with Crippen LogP contribution in [0, 0.1) is 6.92 Å². The van der Waals surface area contributed by atoms with Gasteiger partial charge in [-0.1, -0.05) is 26.8 Å². The van der Waals surface area contributed by atoms with Crippen LogP contribution in [0.1, 0.15) is 49.2 Å². The van der Waals surface area contributed by atoms with Crippen LogP contribution in [-0.2, 0) is 5.41 Å². The van der Waals surface area contributed by atoms with Gasteiger partial charge in [0.1, 0.15) is 11.3 Å². The monoisotopic (exact) mass is 236 g/mol. The van der Waals surface area contributed by atoms with Crippen LogP contribution in [0.5, 0.6) is 5.75 Å². The molecule has 0 fully saturated rings. The van der Waals surface area contributed by atoms with Crippen molar-refractivity contribution in [3.05, 3.63) is 28.8 Å². The fraction of sp³-hybridized carbons (Fsp3) is 0.500. The lowest BCUT2D eigenvalue weighted by molar-refractivity contribution is 0.0692. The summed E-state index contributed by atoms with van der Waals surface area (Å²) in [6.07, 6.45) is 0. The molecule has 1 rings (SSSR count). The topological polar surface area (TPSA) is 46.5 Å². The first-order chi connectivity index (χ1) is 7.77. The van der Waals surface area contributed by atoms with Crippen molar-refractivity contribution in [2.45, 2.75) is 40.0 Å². The van der Waals surface area contributed by atoms with Crippen molar-refractivity contribution in [3.8, 4) is 5.75 Å². The molecule has 0 saturated heterocycles. The van der Waals surface area contributed by atoms with E-state index in [0.29, 0.717) is 12.4 Å². The molecule has 0 amide bonds. The molecule has 0 unspecified atom stereocenters. The first-order valence-electron chi connectivity index (χ1n) is 5.78. The number of hydrogen-bond acceptors (Lipinski definition) is 2. The zero-order valence-corrected chi connectivity index (χ0v) is 11.1. The number of rotatable bonds is 3. The van der Waals surface area contributed by atoms with E-state index in [4.69, 9.17) is 4.74 Å². The van der Waals surface area contributed by atoms with Gasteiger partial charge in [0, 0.05) is 0 Å². The maximum Gasteiger partial charge on any atom is 0.339 e. The largest absolute Gasteiger partial charge is 0.493 e. The lowest BCUT2D eigenvalue weighted by Gasteiger charge is -2.22. The Morgan fingerprint density at radius 2 is 1.94 bits per heavy atom. The predicted octanol–water partition coefficient (Wildman–Crippen LogP) is 3.39. The summed E-state index contributed by atoms with van der Waals surface area (Å²) in [5, 5.41) is 9.23. The van der Waals surface area contributed by atoms with Crippen LogP contribution in [0.4, 0.5) is 0 Å². The Kier molecular flexibility index (Phi) is 3.81. The second-order valence-corrected chi connectivity index (χ2v) is 5.16. The zero-order valence-electron chi connectivity index (χ0n) is 11.1. The van der Waals surface area contributed by atoms with Gasteiger partial charge in [0.2, 0.25) is 0 Å². The van der Waals surface area contributed by atoms with E-state index in [1.807, 2.05) is 19.9 Å². The summed E-state index contributed by atoms with van der Waals surface area (Å²) in [5.74, 6) is -0.462. The van der Waals surface area contributed by atoms with Crippen LogP contribution in [0.25, 0.3) is 0 Å². The third-order valence-corrected chi connectivity index (χ3v) is 2.66. The van der Waals surface area contributed by atoms with Crippen molar-refractivity contribution < 1.29 is 14.6 Å². The third-order valence-electron chi connectivity index (χ3n) is 2.66. The van der Waals surface area contributed by atoms with Gasteiger partial charge in [-0.3, -0.25) is 0 Å². The fourth-order valence-electron chi connectivity index (χ4n) is 1.70. The molecule has 3 heteroatoms. The van der Waals surface area contributed by atoms with E-state index in [1.165, 1.54) is 0 Å². The molecule has 0 bridgehead atoms. The summed E-state index contributed by atoms with van der Waals surface area (Å²) in [4.78, 5) is 11.2. The van der Waals surface area contributed by atoms with Crippen LogP contribution < -0.4 is 4.74 Å². The van der Waals surface area contributed by atoms with Crippen molar-refractivity contribution in [2.75, 3.05) is 6.61 Å². The lowest BCUT2D eigenvalue weighted by Crippen LogP contribution is -2.14. The van der Waals surface area contributed by atoms with E-state index in [0.717, 1.165) is 11.1 Å². The minimum absolute atomic E-state index is 0.0697. The van der Waals surface area contributed by atoms with Gasteiger partial charge in [-0.2, -0.15) is 0 Å². The molecule has 0 saturated carbocycles. The number of ether oxygens (including phenoxy) is 1. The van der Waals surface area contributed by atoms with E-state index < -0.39 is 5.97 Å². The molecule has 0 aliphatic heterocycles. The quantitative estimate of drug-likeness (QED) is 0.875. The highest BCUT2D eigenvalue weighted by atomic mass is 16.5. The minimum Gasteiger partial charge on any atom is -0.493 e. The summed E-state index contributed by atoms with van der Waals surface area (Å²) in [5.41, 5.74) is 2.06. The van der Waals surface area contributed by atoms with Gasteiger partial charge in [-0.15, -0.1) is 0 Å². The van der Waals surface area contributed by atoms with E-state index in [9.17, 15) is 9.90 Å². The van der Waals surface area contributed by atoms with E-state index in [2.05, 4.69) is 20.8 Å². The standard InChI is InChI=1S/C14H20O3/c1-6-17-12-9(2)7-10(14(3,4)5)8-11(12)13(15)16/h7-8H,6H2,1-5H3,(H,15,16). The summed E-state index contributed by atoms with van der Waals surface area (Å²) < 4.78 is 5.42. The number of hydrogen-bond donors (Lipinski definition) is 1. The van der Waals surface area contributed by atoms with Gasteiger partial charge < -0.3 is 9.84 Å². The van der Waals surface area contributed by atoms with Gasteiger partial charge >= 0.3 is 5.97 Å². The summed E-state index contributed by atoms with van der Waals surface area (Å²) >= 11 is 0. The van der Waals surface area contributed by atoms with E-state index >= 15 is 0 Å². The normalized spacial score (nSPS) is 11.4. The molecule has 1 N–H and O–H groups in total. The molecule has 0 atom stereocenters. The van der Waals surface area contributed by atoms with Crippen LogP contribution in [0.15, 0.2) is 12.1 Å². The number of carboxylic acid groups (broad SMARTS) is 1. The predicted molar refractivity (Wildman–Crippen MR) is 68.0 cm³/mol. The molecule has 0 aliphatic rings. The van der Waals surface area contributed by atoms with Gasteiger partial charge in [-0.25, -0.2) is 4.79 Å². The number of benzene rings is 1. The number of carbonyl (C=O) groups is 1. The second kappa shape index (κ2) is 4.78. The molecule has 0 aliphatic carbocycles. The molecule has 17 heavy (non-hydrogen) atoms. The number of carboxylic acids is 1. The lowest BCUT2D eigenvalue weighted by atomic mass is 9.85. The molecular weight excluding hydrogens is 216 g/mol. The van der Waals surface area contributed by atoms with Gasteiger partial charge in [0.25, 0.3) is 0 Å². The Morgan fingerprint density at radius 1 is 1.35 bits per heavy atom. The molecular formula is C14H20O3. The molecule has 0 aromatic heterocycles. The van der Waals surface area contributed by atoms with Crippen molar-refractivity contribution in [1.29, 1.82) is 0 Å². The fourth-order valence-corrected chi connectivity index (χ4v) is 1.70. The molecule has 1 aromatic rings. The Morgan fingerprint density at radius 3 is 2.35 bits per heavy atom. The maximum absolute atomic E-state index is 11.2. The average molecular weight is 236 g/mol. The Labute approximate surface area is 102 Å². The van der Waals surface area contributed by atoms with Crippen molar-refractivity contribution in [2.24, 2.45) is 0 Å². The second-order valence-electron chi connectivity index (χ2n) is 5.16. The van der Waals surface area contributed by atoms with E-state index in [-0.39, 0.29) is 11.0 Å². The number of aromatic carboxylic acids is 1. The Bertz CT molecular complexity index is 428. The first-order valence-corrected chi connectivity index (χ1v) is 5.78. The Hall–Kier alpha value is -1.51. The van der Waals surface area contributed by atoms with Crippen LogP contribution in [0.2, 0.25) is 0 Å². The Balaban J connectivity index is 3.41. The highest BCUT2D eigenvalue weighted by Gasteiger charge is 2.21. The summed E-state index contributed by atoms with van der Waals surface area (Å²) in [6, 6.07) is 3.71. The van der Waals surface area contributed by atoms with Crippen LogP contribution in [-0.4, -0.2) is 17.7 Å². The van der Waals surface area contributed by atoms with Crippen LogP contribution >= 0.6 is 0 Å². The summed E-state index contributed by atoms with van der Waals surface area (Å²) in [6.45, 7) is 10.4. The third kappa shape index (κ3) is 2.99.